The van der Waals surface area contributed by atoms with E-state index in [2.05, 4.69) is 0 Å². The smallest absolute Gasteiger partial charge is 0.303 e. The fourth-order valence-electron chi connectivity index (χ4n) is 10.6. The number of rotatable bonds is 20. The van der Waals surface area contributed by atoms with Crippen LogP contribution < -0.4 is 0 Å². The van der Waals surface area contributed by atoms with Crippen molar-refractivity contribution in [1.82, 2.24) is 9.80 Å². The van der Waals surface area contributed by atoms with Gasteiger partial charge in [-0.25, -0.2) is 0 Å². The number of ether oxygens (including phenoxy) is 14. The van der Waals surface area contributed by atoms with Crippen LogP contribution >= 0.6 is 0 Å². The van der Waals surface area contributed by atoms with Crippen molar-refractivity contribution in [3.05, 3.63) is 107 Å². The highest BCUT2D eigenvalue weighted by atomic mass is 16.8. The molecule has 0 aliphatic carbocycles. The van der Waals surface area contributed by atoms with Gasteiger partial charge in [0.15, 0.2) is 61.6 Å². The fourth-order valence-corrected chi connectivity index (χ4v) is 10.6. The molecule has 5 heterocycles. The van der Waals surface area contributed by atoms with Gasteiger partial charge >= 0.3 is 47.8 Å². The third-order valence-corrected chi connectivity index (χ3v) is 13.8. The molecule has 15 unspecified atom stereocenters. The van der Waals surface area contributed by atoms with Crippen LogP contribution in [-0.2, 0) is 111 Å². The van der Waals surface area contributed by atoms with Gasteiger partial charge in [-0.15, -0.1) is 0 Å². The predicted molar refractivity (Wildman–Crippen MR) is 276 cm³/mol. The van der Waals surface area contributed by atoms with Crippen LogP contribution in [0.2, 0.25) is 0 Å². The SMILES string of the molecule is CC(=O)OCC1OC(OCC2OC(OCc3ccccc3)C(OC3OC(COC(C)=O)C(OC(C)=O)C(OC(C)=O)C3N3C(=O)c4ccccc4C3=O)C(OC(C)=O)C2OC(C)=O)C(N2C(=O)c3ccccc3C2=O)C(OC(C)=O)C1OC(C)=O. The van der Waals surface area contributed by atoms with Crippen LogP contribution in [0.15, 0.2) is 78.9 Å². The Morgan fingerprint density at radius 2 is 0.694 bits per heavy atom. The molecule has 3 fully saturated rings. The molecule has 28 heteroatoms. The van der Waals surface area contributed by atoms with E-state index >= 15 is 0 Å². The van der Waals surface area contributed by atoms with Gasteiger partial charge in [-0.3, -0.25) is 67.3 Å². The second-order valence-corrected chi connectivity index (χ2v) is 19.9. The van der Waals surface area contributed by atoms with E-state index in [0.29, 0.717) is 15.4 Å². The molecule has 3 aromatic carbocycles. The molecule has 0 saturated carbocycles. The van der Waals surface area contributed by atoms with Crippen molar-refractivity contribution in [2.24, 2.45) is 0 Å². The van der Waals surface area contributed by atoms with Gasteiger partial charge in [-0.2, -0.15) is 0 Å². The zero-order chi connectivity index (χ0) is 61.6. The van der Waals surface area contributed by atoms with E-state index < -0.39 is 183 Å². The van der Waals surface area contributed by atoms with Crippen molar-refractivity contribution >= 4 is 71.4 Å². The summed E-state index contributed by atoms with van der Waals surface area (Å²) in [7, 11) is 0. The molecule has 85 heavy (non-hydrogen) atoms. The Bertz CT molecular complexity index is 3030. The highest BCUT2D eigenvalue weighted by molar-refractivity contribution is 6.22. The van der Waals surface area contributed by atoms with E-state index in [1.54, 1.807) is 30.3 Å². The zero-order valence-corrected chi connectivity index (χ0v) is 47.0. The molecule has 0 aromatic heterocycles. The lowest BCUT2D eigenvalue weighted by Gasteiger charge is -2.50. The van der Waals surface area contributed by atoms with Crippen molar-refractivity contribution in [3.8, 4) is 0 Å². The maximum Gasteiger partial charge on any atom is 0.303 e. The summed E-state index contributed by atoms with van der Waals surface area (Å²) in [6.07, 6.45) is -23.7. The van der Waals surface area contributed by atoms with Crippen molar-refractivity contribution in [1.29, 1.82) is 0 Å². The minimum atomic E-state index is -2.10. The number of hydrogen-bond acceptors (Lipinski definition) is 26. The standard InChI is InChI=1S/C57H60N2O26/c1-26(60)72-23-39-44(76-28(3)62)47(79-31(6)65)42(58-51(68)35-18-12-13-19-36(35)52(58)69)55(82-39)75-25-41-46(78-30(5)64)49(81-33(8)67)50(57(84-41)74-22-34-16-10-9-11-17-34)85-56-43(59-53(70)37-20-14-15-21-38(37)54(59)71)48(80-32(7)66)45(77-29(4)63)40(83-56)24-73-27(2)61/h9-21,39-50,55-57H,22-25H2,1-8H3. The fraction of sp³-hybridized carbons (Fsp3) is 0.474. The van der Waals surface area contributed by atoms with Gasteiger partial charge in [0.25, 0.3) is 23.6 Å². The quantitative estimate of drug-likeness (QED) is 0.0884. The number of carbonyl (C=O) groups excluding carboxylic acids is 12. The number of amides is 4. The van der Waals surface area contributed by atoms with Crippen molar-refractivity contribution in [3.63, 3.8) is 0 Å². The number of carbonyl (C=O) groups is 12. The Labute approximate surface area is 484 Å². The number of benzene rings is 3. The maximum atomic E-state index is 14.5. The topological polar surface area (TPSA) is 341 Å². The molecule has 0 bridgehead atoms. The molecule has 0 spiro atoms. The summed E-state index contributed by atoms with van der Waals surface area (Å²) in [5, 5.41) is 0. The molecular weight excluding hydrogens is 1130 g/mol. The largest absolute Gasteiger partial charge is 0.463 e. The molecule has 5 aliphatic heterocycles. The Balaban J connectivity index is 1.25. The second kappa shape index (κ2) is 27.0. The van der Waals surface area contributed by atoms with Crippen molar-refractivity contribution in [2.75, 3.05) is 19.8 Å². The molecular formula is C57H60N2O26. The van der Waals surface area contributed by atoms with E-state index in [4.69, 9.17) is 66.3 Å². The predicted octanol–water partition coefficient (Wildman–Crippen LogP) is 1.83. The van der Waals surface area contributed by atoms with E-state index in [0.717, 1.165) is 55.4 Å². The lowest BCUT2D eigenvalue weighted by molar-refractivity contribution is -0.366. The third-order valence-electron chi connectivity index (χ3n) is 13.8. The number of imide groups is 2. The lowest BCUT2D eigenvalue weighted by Crippen LogP contribution is -2.70. The van der Waals surface area contributed by atoms with Gasteiger partial charge in [-0.05, 0) is 29.8 Å². The normalized spacial score (nSPS) is 28.7. The summed E-state index contributed by atoms with van der Waals surface area (Å²) >= 11 is 0. The van der Waals surface area contributed by atoms with Gasteiger partial charge in [0.2, 0.25) is 0 Å². The molecule has 0 radical (unpaired) electrons. The Morgan fingerprint density at radius 3 is 1.09 bits per heavy atom. The molecule has 5 aliphatic rings. The second-order valence-electron chi connectivity index (χ2n) is 19.9. The van der Waals surface area contributed by atoms with E-state index in [-0.39, 0.29) is 28.9 Å². The van der Waals surface area contributed by atoms with E-state index in [9.17, 15) is 57.5 Å². The maximum absolute atomic E-state index is 14.5. The van der Waals surface area contributed by atoms with Crippen molar-refractivity contribution in [2.45, 2.75) is 154 Å². The first-order valence-corrected chi connectivity index (χ1v) is 26.6. The lowest BCUT2D eigenvalue weighted by atomic mass is 9.93. The summed E-state index contributed by atoms with van der Waals surface area (Å²) in [6.45, 7) is 5.46. The summed E-state index contributed by atoms with van der Waals surface area (Å²) in [5.41, 5.74) is 0.142. The van der Waals surface area contributed by atoms with Crippen LogP contribution in [0.25, 0.3) is 0 Å². The highest BCUT2D eigenvalue weighted by Gasteiger charge is 2.62. The number of hydrogen-bond donors (Lipinski definition) is 0. The molecule has 4 amide bonds. The highest BCUT2D eigenvalue weighted by Crippen LogP contribution is 2.41. The Morgan fingerprint density at radius 1 is 0.365 bits per heavy atom. The van der Waals surface area contributed by atoms with Crippen LogP contribution in [0.5, 0.6) is 0 Å². The van der Waals surface area contributed by atoms with Gasteiger partial charge in [0.05, 0.1) is 35.5 Å². The summed E-state index contributed by atoms with van der Waals surface area (Å²) < 4.78 is 84.5. The first-order valence-electron chi connectivity index (χ1n) is 26.6. The third kappa shape index (κ3) is 14.2. The van der Waals surface area contributed by atoms with Crippen LogP contribution in [0.1, 0.15) is 102 Å². The van der Waals surface area contributed by atoms with Crippen LogP contribution in [0, 0.1) is 0 Å². The average molecular weight is 1190 g/mol. The summed E-state index contributed by atoms with van der Waals surface area (Å²) in [5.74, 6) is -11.5. The van der Waals surface area contributed by atoms with Gasteiger partial charge in [0, 0.05) is 55.4 Å². The number of esters is 8. The van der Waals surface area contributed by atoms with Crippen LogP contribution in [-0.4, -0.2) is 193 Å². The molecule has 15 atom stereocenters. The zero-order valence-electron chi connectivity index (χ0n) is 47.0. The number of fused-ring (bicyclic) bond motifs is 2. The Hall–Kier alpha value is -8.54. The molecule has 28 nitrogen and oxygen atoms in total. The van der Waals surface area contributed by atoms with Gasteiger partial charge in [-0.1, -0.05) is 54.6 Å². The number of nitrogens with zero attached hydrogens (tertiary/aromatic N) is 2. The van der Waals surface area contributed by atoms with E-state index in [1.165, 1.54) is 48.5 Å². The minimum absolute atomic E-state index is 0.0796. The van der Waals surface area contributed by atoms with Gasteiger partial charge in [0.1, 0.15) is 43.6 Å². The van der Waals surface area contributed by atoms with Crippen LogP contribution in [0.4, 0.5) is 0 Å². The molecule has 0 N–H and O–H groups in total. The van der Waals surface area contributed by atoms with Crippen molar-refractivity contribution < 1.29 is 124 Å². The molecule has 3 aromatic rings. The average Bonchev–Trinajstić information content (AvgIpc) is 1.79. The molecule has 3 saturated heterocycles. The first-order chi connectivity index (χ1) is 40.4. The minimum Gasteiger partial charge on any atom is -0.463 e. The first kappa shape index (κ1) is 62.5. The van der Waals surface area contributed by atoms with Crippen LogP contribution in [0.3, 0.4) is 0 Å². The molecule has 454 valence electrons. The van der Waals surface area contributed by atoms with E-state index in [1.807, 2.05) is 0 Å². The summed E-state index contributed by atoms with van der Waals surface area (Å²) in [6, 6.07) is 16.0. The summed E-state index contributed by atoms with van der Waals surface area (Å²) in [4.78, 5) is 162. The van der Waals surface area contributed by atoms with Gasteiger partial charge < -0.3 is 66.3 Å². The Kier molecular flexibility index (Phi) is 19.9. The molecule has 8 rings (SSSR count). The monoisotopic (exact) mass is 1190 g/mol.